The molecule has 3 rings (SSSR count). The van der Waals surface area contributed by atoms with Crippen LogP contribution in [0.5, 0.6) is 0 Å². The Hall–Kier alpha value is -1.51. The van der Waals surface area contributed by atoms with Crippen LogP contribution in [-0.2, 0) is 17.5 Å². The van der Waals surface area contributed by atoms with Gasteiger partial charge in [0.2, 0.25) is 0 Å². The lowest BCUT2D eigenvalue weighted by Gasteiger charge is -2.06. The Balaban J connectivity index is 1.72. The van der Waals surface area contributed by atoms with Crippen molar-refractivity contribution in [1.82, 2.24) is 24.7 Å². The Kier molecular flexibility index (Phi) is 4.70. The van der Waals surface area contributed by atoms with Gasteiger partial charge in [-0.25, -0.2) is 15.0 Å². The number of thioether (sulfide) groups is 1. The SMILES string of the molecule is CCO[C@H](C)c1nc(CSc2ncnc3c2cnn3C)cs1. The second kappa shape index (κ2) is 6.72. The summed E-state index contributed by atoms with van der Waals surface area (Å²) in [5.41, 5.74) is 1.90. The second-order valence-electron chi connectivity index (χ2n) is 4.75. The van der Waals surface area contributed by atoms with Crippen LogP contribution in [-0.4, -0.2) is 31.3 Å². The molecule has 3 aromatic rings. The third-order valence-corrected chi connectivity index (χ3v) is 5.28. The molecule has 1 atom stereocenters. The molecule has 0 saturated carbocycles. The van der Waals surface area contributed by atoms with E-state index in [1.54, 1.807) is 40.3 Å². The Bertz CT molecular complexity index is 770. The van der Waals surface area contributed by atoms with E-state index in [-0.39, 0.29) is 6.10 Å². The van der Waals surface area contributed by atoms with Gasteiger partial charge in [-0.2, -0.15) is 5.10 Å². The molecule has 0 N–H and O–H groups in total. The number of nitrogens with zero attached hydrogens (tertiary/aromatic N) is 5. The van der Waals surface area contributed by atoms with E-state index < -0.39 is 0 Å². The zero-order chi connectivity index (χ0) is 15.5. The first-order valence-electron chi connectivity index (χ1n) is 7.00. The third kappa shape index (κ3) is 3.13. The van der Waals surface area contributed by atoms with Crippen LogP contribution in [0.15, 0.2) is 22.9 Å². The van der Waals surface area contributed by atoms with Crippen molar-refractivity contribution in [3.63, 3.8) is 0 Å². The van der Waals surface area contributed by atoms with E-state index in [0.717, 1.165) is 32.5 Å². The molecule has 0 unspecified atom stereocenters. The molecule has 3 aromatic heterocycles. The molecule has 0 radical (unpaired) electrons. The van der Waals surface area contributed by atoms with Gasteiger partial charge in [0.25, 0.3) is 0 Å². The van der Waals surface area contributed by atoms with Gasteiger partial charge in [-0.05, 0) is 13.8 Å². The first-order chi connectivity index (χ1) is 10.7. The minimum absolute atomic E-state index is 0.0535. The topological polar surface area (TPSA) is 65.7 Å². The number of aromatic nitrogens is 5. The summed E-state index contributed by atoms with van der Waals surface area (Å²) in [4.78, 5) is 13.2. The molecule has 0 aliphatic heterocycles. The Labute approximate surface area is 137 Å². The van der Waals surface area contributed by atoms with Crippen molar-refractivity contribution in [3.8, 4) is 0 Å². The lowest BCUT2D eigenvalue weighted by molar-refractivity contribution is 0.0761. The lowest BCUT2D eigenvalue weighted by atomic mass is 10.4. The van der Waals surface area contributed by atoms with Crippen LogP contribution in [0.25, 0.3) is 11.0 Å². The Morgan fingerprint density at radius 2 is 2.27 bits per heavy atom. The van der Waals surface area contributed by atoms with Gasteiger partial charge < -0.3 is 4.74 Å². The monoisotopic (exact) mass is 335 g/mol. The van der Waals surface area contributed by atoms with Crippen LogP contribution in [0.1, 0.15) is 30.7 Å². The number of hydrogen-bond acceptors (Lipinski definition) is 7. The number of hydrogen-bond donors (Lipinski definition) is 0. The van der Waals surface area contributed by atoms with E-state index in [1.165, 1.54) is 0 Å². The van der Waals surface area contributed by atoms with E-state index >= 15 is 0 Å². The van der Waals surface area contributed by atoms with Crippen LogP contribution in [0, 0.1) is 0 Å². The van der Waals surface area contributed by atoms with Gasteiger partial charge in [0.05, 0.1) is 17.3 Å². The predicted octanol–water partition coefficient (Wildman–Crippen LogP) is 3.21. The van der Waals surface area contributed by atoms with Crippen LogP contribution in [0.3, 0.4) is 0 Å². The molecular weight excluding hydrogens is 318 g/mol. The standard InChI is InChI=1S/C14H17N5OS2/c1-4-20-9(2)13-18-10(6-21-13)7-22-14-11-5-17-19(3)12(11)15-8-16-14/h5-6,8-9H,4,7H2,1-3H3/t9-/m1/s1. The minimum atomic E-state index is 0.0535. The second-order valence-corrected chi connectivity index (χ2v) is 6.60. The quantitative estimate of drug-likeness (QED) is 0.509. The third-order valence-electron chi connectivity index (χ3n) is 3.18. The van der Waals surface area contributed by atoms with Crippen molar-refractivity contribution < 1.29 is 4.74 Å². The van der Waals surface area contributed by atoms with Gasteiger partial charge in [-0.1, -0.05) is 11.8 Å². The molecule has 0 fully saturated rings. The maximum absolute atomic E-state index is 5.57. The highest BCUT2D eigenvalue weighted by Crippen LogP contribution is 2.28. The molecule has 0 amide bonds. The summed E-state index contributed by atoms with van der Waals surface area (Å²) >= 11 is 3.30. The van der Waals surface area contributed by atoms with Crippen molar-refractivity contribution in [1.29, 1.82) is 0 Å². The maximum Gasteiger partial charge on any atom is 0.162 e. The van der Waals surface area contributed by atoms with Gasteiger partial charge in [0.1, 0.15) is 22.5 Å². The van der Waals surface area contributed by atoms with Crippen molar-refractivity contribution in [2.24, 2.45) is 7.05 Å². The van der Waals surface area contributed by atoms with E-state index in [2.05, 4.69) is 25.4 Å². The number of rotatable bonds is 6. The van der Waals surface area contributed by atoms with E-state index in [9.17, 15) is 0 Å². The molecule has 3 heterocycles. The first-order valence-corrected chi connectivity index (χ1v) is 8.87. The zero-order valence-corrected chi connectivity index (χ0v) is 14.3. The fourth-order valence-corrected chi connectivity index (χ4v) is 3.88. The smallest absolute Gasteiger partial charge is 0.162 e. The zero-order valence-electron chi connectivity index (χ0n) is 12.7. The summed E-state index contributed by atoms with van der Waals surface area (Å²) in [5.74, 6) is 0.774. The van der Waals surface area contributed by atoms with Gasteiger partial charge in [0.15, 0.2) is 5.65 Å². The average Bonchev–Trinajstić information content (AvgIpc) is 3.13. The van der Waals surface area contributed by atoms with E-state index in [0.29, 0.717) is 6.61 Å². The van der Waals surface area contributed by atoms with E-state index in [4.69, 9.17) is 4.74 Å². The summed E-state index contributed by atoms with van der Waals surface area (Å²) in [5, 5.41) is 9.25. The number of aryl methyl sites for hydroxylation is 1. The fourth-order valence-electron chi connectivity index (χ4n) is 2.09. The largest absolute Gasteiger partial charge is 0.372 e. The molecule has 22 heavy (non-hydrogen) atoms. The van der Waals surface area contributed by atoms with E-state index in [1.807, 2.05) is 20.9 Å². The molecule has 0 spiro atoms. The molecule has 0 bridgehead atoms. The molecule has 0 saturated heterocycles. The molecule has 6 nitrogen and oxygen atoms in total. The van der Waals surface area contributed by atoms with Gasteiger partial charge in [-0.15, -0.1) is 11.3 Å². The van der Waals surface area contributed by atoms with Crippen LogP contribution in [0.4, 0.5) is 0 Å². The highest BCUT2D eigenvalue weighted by atomic mass is 32.2. The normalized spacial score (nSPS) is 12.9. The predicted molar refractivity (Wildman–Crippen MR) is 88.0 cm³/mol. The van der Waals surface area contributed by atoms with Crippen molar-refractivity contribution in [2.75, 3.05) is 6.61 Å². The number of fused-ring (bicyclic) bond motifs is 1. The summed E-state index contributed by atoms with van der Waals surface area (Å²) in [6.45, 7) is 4.72. The fraction of sp³-hybridized carbons (Fsp3) is 0.429. The summed E-state index contributed by atoms with van der Waals surface area (Å²) in [6.07, 6.45) is 3.44. The highest BCUT2D eigenvalue weighted by molar-refractivity contribution is 7.98. The first kappa shape index (κ1) is 15.4. The summed E-state index contributed by atoms with van der Waals surface area (Å²) in [7, 11) is 1.88. The van der Waals surface area contributed by atoms with Gasteiger partial charge in [0, 0.05) is 24.8 Å². The number of thiazole rings is 1. The molecule has 8 heteroatoms. The summed E-state index contributed by atoms with van der Waals surface area (Å²) in [6, 6.07) is 0. The minimum Gasteiger partial charge on any atom is -0.372 e. The van der Waals surface area contributed by atoms with Crippen molar-refractivity contribution >= 4 is 34.1 Å². The van der Waals surface area contributed by atoms with Crippen LogP contribution < -0.4 is 0 Å². The lowest BCUT2D eigenvalue weighted by Crippen LogP contribution is -1.99. The van der Waals surface area contributed by atoms with Crippen LogP contribution >= 0.6 is 23.1 Å². The average molecular weight is 335 g/mol. The Morgan fingerprint density at radius 3 is 3.09 bits per heavy atom. The molecule has 116 valence electrons. The maximum atomic E-state index is 5.57. The number of ether oxygens (including phenoxy) is 1. The molecule has 0 aliphatic carbocycles. The van der Waals surface area contributed by atoms with Gasteiger partial charge in [-0.3, -0.25) is 4.68 Å². The molecule has 0 aromatic carbocycles. The summed E-state index contributed by atoms with van der Waals surface area (Å²) < 4.78 is 7.33. The van der Waals surface area contributed by atoms with Gasteiger partial charge >= 0.3 is 0 Å². The highest BCUT2D eigenvalue weighted by Gasteiger charge is 2.12. The van der Waals surface area contributed by atoms with Crippen molar-refractivity contribution in [3.05, 3.63) is 28.6 Å². The van der Waals surface area contributed by atoms with Crippen molar-refractivity contribution in [2.45, 2.75) is 30.7 Å². The Morgan fingerprint density at radius 1 is 1.41 bits per heavy atom. The van der Waals surface area contributed by atoms with Crippen LogP contribution in [0.2, 0.25) is 0 Å². The molecular formula is C14H17N5OS2. The molecule has 0 aliphatic rings.